The number of carbonyl (C=O) groups is 1. The first-order chi connectivity index (χ1) is 11.7. The molecule has 0 atom stereocenters. The number of amides is 1. The zero-order chi connectivity index (χ0) is 16.9. The molecule has 3 aromatic rings. The third kappa shape index (κ3) is 3.58. The fourth-order valence-corrected chi connectivity index (χ4v) is 2.55. The monoisotopic (exact) mass is 341 g/mol. The van der Waals surface area contributed by atoms with Gasteiger partial charge >= 0.3 is 0 Å². The van der Waals surface area contributed by atoms with Crippen molar-refractivity contribution in [2.45, 2.75) is 6.42 Å². The molecule has 0 unspecified atom stereocenters. The zero-order valence-electron chi connectivity index (χ0n) is 13.0. The van der Waals surface area contributed by atoms with Crippen LogP contribution in [0, 0.1) is 0 Å². The number of nitrogens with one attached hydrogen (secondary N) is 2. The molecule has 0 fully saturated rings. The van der Waals surface area contributed by atoms with Crippen molar-refractivity contribution in [3.05, 3.63) is 76.6 Å². The SMILES string of the molecule is COc1ccccc1NC(=O)c1cc(Cc2ccccc2Cl)[nH]n1. The second kappa shape index (κ2) is 7.19. The fourth-order valence-electron chi connectivity index (χ4n) is 2.35. The van der Waals surface area contributed by atoms with E-state index in [0.29, 0.717) is 28.6 Å². The lowest BCUT2D eigenvalue weighted by molar-refractivity contribution is 0.102. The Bertz CT molecular complexity index is 861. The van der Waals surface area contributed by atoms with Gasteiger partial charge in [-0.15, -0.1) is 0 Å². The van der Waals surface area contributed by atoms with Gasteiger partial charge in [-0.25, -0.2) is 0 Å². The highest BCUT2D eigenvalue weighted by atomic mass is 35.5. The zero-order valence-corrected chi connectivity index (χ0v) is 13.8. The summed E-state index contributed by atoms with van der Waals surface area (Å²) in [5.41, 5.74) is 2.69. The molecule has 2 aromatic carbocycles. The molecule has 0 bridgehead atoms. The summed E-state index contributed by atoms with van der Waals surface area (Å²) in [6.45, 7) is 0. The topological polar surface area (TPSA) is 67.0 Å². The standard InChI is InChI=1S/C18H16ClN3O2/c1-24-17-9-5-4-8-15(17)20-18(23)16-11-13(21-22-16)10-12-6-2-3-7-14(12)19/h2-9,11H,10H2,1H3,(H,20,23)(H,21,22). The normalized spacial score (nSPS) is 10.4. The van der Waals surface area contributed by atoms with Crippen LogP contribution in [0.25, 0.3) is 0 Å². The van der Waals surface area contributed by atoms with Crippen molar-refractivity contribution in [3.8, 4) is 5.75 Å². The van der Waals surface area contributed by atoms with Crippen LogP contribution in [-0.4, -0.2) is 23.2 Å². The number of ether oxygens (including phenoxy) is 1. The molecule has 24 heavy (non-hydrogen) atoms. The molecule has 1 amide bonds. The summed E-state index contributed by atoms with van der Waals surface area (Å²) in [4.78, 5) is 12.3. The summed E-state index contributed by atoms with van der Waals surface area (Å²) in [5, 5.41) is 10.4. The Hall–Kier alpha value is -2.79. The lowest BCUT2D eigenvalue weighted by Gasteiger charge is -2.08. The van der Waals surface area contributed by atoms with Gasteiger partial charge in [0.2, 0.25) is 0 Å². The lowest BCUT2D eigenvalue weighted by Crippen LogP contribution is -2.13. The highest BCUT2D eigenvalue weighted by Gasteiger charge is 2.13. The second-order valence-electron chi connectivity index (χ2n) is 5.20. The van der Waals surface area contributed by atoms with Crippen LogP contribution in [0.4, 0.5) is 5.69 Å². The van der Waals surface area contributed by atoms with E-state index in [1.807, 2.05) is 36.4 Å². The first-order valence-electron chi connectivity index (χ1n) is 7.39. The van der Waals surface area contributed by atoms with Crippen molar-refractivity contribution in [1.29, 1.82) is 0 Å². The van der Waals surface area contributed by atoms with Gasteiger partial charge in [0.1, 0.15) is 5.75 Å². The first kappa shape index (κ1) is 16.1. The van der Waals surface area contributed by atoms with Gasteiger partial charge in [0, 0.05) is 17.1 Å². The Balaban J connectivity index is 1.73. The largest absolute Gasteiger partial charge is 0.495 e. The van der Waals surface area contributed by atoms with Crippen molar-refractivity contribution >= 4 is 23.2 Å². The second-order valence-corrected chi connectivity index (χ2v) is 5.61. The van der Waals surface area contributed by atoms with E-state index in [2.05, 4.69) is 15.5 Å². The Morgan fingerprint density at radius 3 is 2.75 bits per heavy atom. The van der Waals surface area contributed by atoms with Crippen LogP contribution < -0.4 is 10.1 Å². The molecule has 1 aromatic heterocycles. The maximum Gasteiger partial charge on any atom is 0.276 e. The Labute approximate surface area is 144 Å². The molecule has 0 spiro atoms. The number of H-pyrrole nitrogens is 1. The number of hydrogen-bond acceptors (Lipinski definition) is 3. The highest BCUT2D eigenvalue weighted by Crippen LogP contribution is 2.24. The number of methoxy groups -OCH3 is 1. The Morgan fingerprint density at radius 1 is 1.21 bits per heavy atom. The molecular formula is C18H16ClN3O2. The number of aromatic amines is 1. The van der Waals surface area contributed by atoms with E-state index in [1.54, 1.807) is 25.3 Å². The van der Waals surface area contributed by atoms with E-state index in [4.69, 9.17) is 16.3 Å². The number of rotatable bonds is 5. The molecule has 122 valence electrons. The van der Waals surface area contributed by atoms with Gasteiger partial charge in [-0.1, -0.05) is 41.9 Å². The summed E-state index contributed by atoms with van der Waals surface area (Å²) in [5.74, 6) is 0.291. The van der Waals surface area contributed by atoms with E-state index in [1.165, 1.54) is 0 Å². The number of aromatic nitrogens is 2. The third-order valence-corrected chi connectivity index (χ3v) is 3.93. The summed E-state index contributed by atoms with van der Waals surface area (Å²) >= 11 is 6.16. The first-order valence-corrected chi connectivity index (χ1v) is 7.77. The average Bonchev–Trinajstić information content (AvgIpc) is 3.06. The van der Waals surface area contributed by atoms with Gasteiger partial charge in [-0.05, 0) is 29.8 Å². The minimum absolute atomic E-state index is 0.304. The Kier molecular flexibility index (Phi) is 4.82. The molecule has 2 N–H and O–H groups in total. The molecule has 0 aliphatic carbocycles. The highest BCUT2D eigenvalue weighted by molar-refractivity contribution is 6.31. The van der Waals surface area contributed by atoms with Crippen molar-refractivity contribution in [1.82, 2.24) is 10.2 Å². The maximum atomic E-state index is 12.3. The number of hydrogen-bond donors (Lipinski definition) is 2. The number of halogens is 1. The molecule has 0 aliphatic heterocycles. The van der Waals surface area contributed by atoms with Crippen LogP contribution in [-0.2, 0) is 6.42 Å². The number of nitrogens with zero attached hydrogens (tertiary/aromatic N) is 1. The van der Waals surface area contributed by atoms with Gasteiger partial charge in [-0.2, -0.15) is 5.10 Å². The van der Waals surface area contributed by atoms with E-state index < -0.39 is 0 Å². The maximum absolute atomic E-state index is 12.3. The van der Waals surface area contributed by atoms with Gasteiger partial charge in [-0.3, -0.25) is 9.89 Å². The van der Waals surface area contributed by atoms with Crippen molar-refractivity contribution in [2.75, 3.05) is 12.4 Å². The van der Waals surface area contributed by atoms with Crippen LogP contribution in [0.2, 0.25) is 5.02 Å². The van der Waals surface area contributed by atoms with Crippen LogP contribution in [0.3, 0.4) is 0 Å². The summed E-state index contributed by atoms with van der Waals surface area (Å²) in [7, 11) is 1.56. The van der Waals surface area contributed by atoms with Gasteiger partial charge in [0.25, 0.3) is 5.91 Å². The van der Waals surface area contributed by atoms with E-state index in [-0.39, 0.29) is 5.91 Å². The summed E-state index contributed by atoms with van der Waals surface area (Å²) in [6.07, 6.45) is 0.578. The predicted octanol–water partition coefficient (Wildman–Crippen LogP) is 3.91. The quantitative estimate of drug-likeness (QED) is 0.739. The van der Waals surface area contributed by atoms with Crippen molar-refractivity contribution < 1.29 is 9.53 Å². The van der Waals surface area contributed by atoms with Crippen LogP contribution in [0.15, 0.2) is 54.6 Å². The minimum Gasteiger partial charge on any atom is -0.495 e. The smallest absolute Gasteiger partial charge is 0.276 e. The molecule has 6 heteroatoms. The predicted molar refractivity (Wildman–Crippen MR) is 93.8 cm³/mol. The van der Waals surface area contributed by atoms with Crippen molar-refractivity contribution in [2.24, 2.45) is 0 Å². The molecule has 5 nitrogen and oxygen atoms in total. The number of carbonyl (C=O) groups excluding carboxylic acids is 1. The van der Waals surface area contributed by atoms with Gasteiger partial charge in [0.05, 0.1) is 12.8 Å². The molecule has 0 radical (unpaired) electrons. The van der Waals surface area contributed by atoms with Crippen LogP contribution >= 0.6 is 11.6 Å². The number of anilines is 1. The van der Waals surface area contributed by atoms with E-state index in [9.17, 15) is 4.79 Å². The molecule has 0 saturated heterocycles. The lowest BCUT2D eigenvalue weighted by atomic mass is 10.1. The minimum atomic E-state index is -0.304. The molecule has 1 heterocycles. The van der Waals surface area contributed by atoms with E-state index >= 15 is 0 Å². The van der Waals surface area contributed by atoms with E-state index in [0.717, 1.165) is 11.3 Å². The number of benzene rings is 2. The Morgan fingerprint density at radius 2 is 1.96 bits per heavy atom. The summed E-state index contributed by atoms with van der Waals surface area (Å²) < 4.78 is 5.22. The summed E-state index contributed by atoms with van der Waals surface area (Å²) in [6, 6.07) is 16.5. The fraction of sp³-hybridized carbons (Fsp3) is 0.111. The molecule has 0 saturated carbocycles. The molecular weight excluding hydrogens is 326 g/mol. The average molecular weight is 342 g/mol. The molecule has 0 aliphatic rings. The van der Waals surface area contributed by atoms with Crippen LogP contribution in [0.1, 0.15) is 21.7 Å². The van der Waals surface area contributed by atoms with Crippen LogP contribution in [0.5, 0.6) is 5.75 Å². The van der Waals surface area contributed by atoms with Gasteiger partial charge in [0.15, 0.2) is 5.69 Å². The van der Waals surface area contributed by atoms with Gasteiger partial charge < -0.3 is 10.1 Å². The molecule has 3 rings (SSSR count). The van der Waals surface area contributed by atoms with Crippen molar-refractivity contribution in [3.63, 3.8) is 0 Å². The third-order valence-electron chi connectivity index (χ3n) is 3.56. The number of para-hydroxylation sites is 2.